The van der Waals surface area contributed by atoms with Gasteiger partial charge in [-0.3, -0.25) is 9.69 Å². The zero-order chi connectivity index (χ0) is 14.9. The van der Waals surface area contributed by atoms with Crippen molar-refractivity contribution in [2.75, 3.05) is 33.8 Å². The Labute approximate surface area is 130 Å². The monoisotopic (exact) mass is 308 g/mol. The van der Waals surface area contributed by atoms with Crippen LogP contribution in [-0.4, -0.2) is 55.6 Å². The van der Waals surface area contributed by atoms with E-state index in [9.17, 15) is 4.79 Å². The van der Waals surface area contributed by atoms with Crippen molar-refractivity contribution < 1.29 is 9.53 Å². The van der Waals surface area contributed by atoms with Crippen molar-refractivity contribution in [2.24, 2.45) is 5.41 Å². The fraction of sp³-hybridized carbons (Fsp3) is 0.688. The van der Waals surface area contributed by atoms with E-state index in [4.69, 9.17) is 4.74 Å². The molecular formula is C16H24N2O2S. The summed E-state index contributed by atoms with van der Waals surface area (Å²) in [6.45, 7) is 3.98. The third-order valence-electron chi connectivity index (χ3n) is 4.63. The number of amides is 1. The smallest absolute Gasteiger partial charge is 0.251 e. The van der Waals surface area contributed by atoms with Gasteiger partial charge >= 0.3 is 0 Å². The average Bonchev–Trinajstić information content (AvgIpc) is 3.09. The lowest BCUT2D eigenvalue weighted by Crippen LogP contribution is -2.43. The van der Waals surface area contributed by atoms with Gasteiger partial charge in [0, 0.05) is 37.5 Å². The molecule has 0 saturated carbocycles. The van der Waals surface area contributed by atoms with Crippen LogP contribution in [0.15, 0.2) is 17.5 Å². The number of rotatable bonds is 3. The molecule has 2 fully saturated rings. The molecule has 4 nitrogen and oxygen atoms in total. The van der Waals surface area contributed by atoms with E-state index in [-0.39, 0.29) is 17.4 Å². The Hall–Kier alpha value is -0.910. The number of hydrogen-bond acceptors (Lipinski definition) is 4. The number of likely N-dealkylation sites (tertiary alicyclic amines) is 1. The van der Waals surface area contributed by atoms with Gasteiger partial charge in [-0.25, -0.2) is 0 Å². The van der Waals surface area contributed by atoms with E-state index in [1.165, 1.54) is 17.7 Å². The van der Waals surface area contributed by atoms with Gasteiger partial charge in [0.25, 0.3) is 5.91 Å². The molecular weight excluding hydrogens is 284 g/mol. The molecule has 3 heterocycles. The van der Waals surface area contributed by atoms with Crippen LogP contribution in [0.1, 0.15) is 24.1 Å². The van der Waals surface area contributed by atoms with Crippen LogP contribution in [0, 0.1) is 5.41 Å². The molecule has 0 unspecified atom stereocenters. The van der Waals surface area contributed by atoms with Crippen LogP contribution in [0.5, 0.6) is 0 Å². The average molecular weight is 308 g/mol. The van der Waals surface area contributed by atoms with Gasteiger partial charge in [0.1, 0.15) is 6.10 Å². The quantitative estimate of drug-likeness (QED) is 0.858. The van der Waals surface area contributed by atoms with Crippen molar-refractivity contribution >= 4 is 17.2 Å². The molecule has 0 aliphatic carbocycles. The van der Waals surface area contributed by atoms with E-state index in [0.717, 1.165) is 32.7 Å². The van der Waals surface area contributed by atoms with Gasteiger partial charge in [-0.05, 0) is 37.3 Å². The summed E-state index contributed by atoms with van der Waals surface area (Å²) in [6.07, 6.45) is 3.04. The van der Waals surface area contributed by atoms with Gasteiger partial charge in [0.05, 0.1) is 6.61 Å². The molecule has 0 N–H and O–H groups in total. The number of thiophene rings is 1. The Morgan fingerprint density at radius 3 is 3.14 bits per heavy atom. The van der Waals surface area contributed by atoms with Crippen LogP contribution in [0.4, 0.5) is 0 Å². The Morgan fingerprint density at radius 2 is 2.43 bits per heavy atom. The van der Waals surface area contributed by atoms with E-state index in [1.807, 2.05) is 11.3 Å². The summed E-state index contributed by atoms with van der Waals surface area (Å²) >= 11 is 1.82. The zero-order valence-electron chi connectivity index (χ0n) is 12.9. The fourth-order valence-corrected chi connectivity index (χ4v) is 4.33. The van der Waals surface area contributed by atoms with Crippen molar-refractivity contribution in [1.82, 2.24) is 9.80 Å². The number of hydrogen-bond donors (Lipinski definition) is 0. The van der Waals surface area contributed by atoms with E-state index < -0.39 is 0 Å². The van der Waals surface area contributed by atoms with Crippen molar-refractivity contribution in [3.05, 3.63) is 22.4 Å². The number of carbonyl (C=O) groups excluding carboxylic acids is 1. The van der Waals surface area contributed by atoms with Gasteiger partial charge in [0.2, 0.25) is 0 Å². The molecule has 0 bridgehead atoms. The maximum atomic E-state index is 12.1. The number of piperidine rings is 1. The minimum Gasteiger partial charge on any atom is -0.368 e. The topological polar surface area (TPSA) is 32.8 Å². The van der Waals surface area contributed by atoms with Crippen LogP contribution in [-0.2, 0) is 16.1 Å². The molecule has 5 heteroatoms. The van der Waals surface area contributed by atoms with Gasteiger partial charge in [-0.1, -0.05) is 6.07 Å². The highest BCUT2D eigenvalue weighted by molar-refractivity contribution is 7.09. The molecule has 1 aromatic rings. The number of nitrogens with zero attached hydrogens (tertiary/aromatic N) is 2. The molecule has 21 heavy (non-hydrogen) atoms. The van der Waals surface area contributed by atoms with Crippen LogP contribution >= 0.6 is 11.3 Å². The Balaban J connectivity index is 1.62. The highest BCUT2D eigenvalue weighted by Crippen LogP contribution is 2.41. The maximum Gasteiger partial charge on any atom is 0.251 e. The minimum absolute atomic E-state index is 0.113. The SMILES string of the molecule is CN(C)C(=O)[C@@H]1C[C@]2(CCCN(Cc3cccs3)C2)CO1. The van der Waals surface area contributed by atoms with Crippen molar-refractivity contribution in [2.45, 2.75) is 31.9 Å². The minimum atomic E-state index is -0.235. The highest BCUT2D eigenvalue weighted by Gasteiger charge is 2.45. The molecule has 2 aliphatic heterocycles. The lowest BCUT2D eigenvalue weighted by atomic mass is 9.78. The molecule has 0 aromatic carbocycles. The lowest BCUT2D eigenvalue weighted by molar-refractivity contribution is -0.138. The molecule has 1 amide bonds. The van der Waals surface area contributed by atoms with Crippen LogP contribution in [0.25, 0.3) is 0 Å². The first-order chi connectivity index (χ1) is 10.1. The van der Waals surface area contributed by atoms with E-state index in [2.05, 4.69) is 22.4 Å². The number of ether oxygens (including phenoxy) is 1. The molecule has 1 aromatic heterocycles. The third-order valence-corrected chi connectivity index (χ3v) is 5.49. The second-order valence-electron chi connectivity index (χ2n) is 6.63. The molecule has 0 radical (unpaired) electrons. The van der Waals surface area contributed by atoms with Gasteiger partial charge in [-0.15, -0.1) is 11.3 Å². The number of carbonyl (C=O) groups is 1. The summed E-state index contributed by atoms with van der Waals surface area (Å²) in [6, 6.07) is 4.32. The Morgan fingerprint density at radius 1 is 1.57 bits per heavy atom. The predicted molar refractivity (Wildman–Crippen MR) is 84.3 cm³/mol. The normalized spacial score (nSPS) is 29.9. The Kier molecular flexibility index (Phi) is 4.33. The molecule has 1 spiro atoms. The first kappa shape index (κ1) is 15.0. The molecule has 2 atom stereocenters. The van der Waals surface area contributed by atoms with E-state index in [0.29, 0.717) is 0 Å². The molecule has 2 saturated heterocycles. The third kappa shape index (κ3) is 3.30. The summed E-state index contributed by atoms with van der Waals surface area (Å²) in [5.41, 5.74) is 0.186. The van der Waals surface area contributed by atoms with Gasteiger partial charge in [0.15, 0.2) is 0 Å². The highest BCUT2D eigenvalue weighted by atomic mass is 32.1. The Bertz CT molecular complexity index is 488. The molecule has 116 valence electrons. The van der Waals surface area contributed by atoms with Crippen molar-refractivity contribution in [3.8, 4) is 0 Å². The van der Waals surface area contributed by atoms with E-state index in [1.54, 1.807) is 19.0 Å². The van der Waals surface area contributed by atoms with E-state index >= 15 is 0 Å². The maximum absolute atomic E-state index is 12.1. The van der Waals surface area contributed by atoms with Gasteiger partial charge in [-0.2, -0.15) is 0 Å². The zero-order valence-corrected chi connectivity index (χ0v) is 13.7. The second kappa shape index (κ2) is 6.07. The predicted octanol–water partition coefficient (Wildman–Crippen LogP) is 2.21. The van der Waals surface area contributed by atoms with Gasteiger partial charge < -0.3 is 9.64 Å². The fourth-order valence-electron chi connectivity index (χ4n) is 3.59. The summed E-state index contributed by atoms with van der Waals surface area (Å²) in [4.78, 5) is 17.7. The largest absolute Gasteiger partial charge is 0.368 e. The van der Waals surface area contributed by atoms with Crippen LogP contribution in [0.2, 0.25) is 0 Å². The number of likely N-dealkylation sites (N-methyl/N-ethyl adjacent to an activating group) is 1. The summed E-state index contributed by atoms with van der Waals surface area (Å²) < 4.78 is 5.84. The summed E-state index contributed by atoms with van der Waals surface area (Å²) in [7, 11) is 3.61. The second-order valence-corrected chi connectivity index (χ2v) is 7.66. The summed E-state index contributed by atoms with van der Waals surface area (Å²) in [5.74, 6) is 0.113. The standard InChI is InChI=1S/C16H24N2O2S/c1-17(2)15(19)14-9-16(12-20-14)6-4-7-18(11-16)10-13-5-3-8-21-13/h3,5,8,14H,4,6-7,9-12H2,1-2H3/t14-,16-/m0/s1. The lowest BCUT2D eigenvalue weighted by Gasteiger charge is -2.39. The van der Waals surface area contributed by atoms with Crippen LogP contribution in [0.3, 0.4) is 0 Å². The first-order valence-electron chi connectivity index (χ1n) is 7.66. The summed E-state index contributed by atoms with van der Waals surface area (Å²) in [5, 5.41) is 2.14. The van der Waals surface area contributed by atoms with Crippen molar-refractivity contribution in [3.63, 3.8) is 0 Å². The first-order valence-corrected chi connectivity index (χ1v) is 8.53. The molecule has 3 rings (SSSR count). The molecule has 2 aliphatic rings. The van der Waals surface area contributed by atoms with Crippen LogP contribution < -0.4 is 0 Å². The van der Waals surface area contributed by atoms with Crippen molar-refractivity contribution in [1.29, 1.82) is 0 Å².